The summed E-state index contributed by atoms with van der Waals surface area (Å²) in [4.78, 5) is 14.5. The van der Waals surface area contributed by atoms with Crippen LogP contribution in [0.15, 0.2) is 42.5 Å². The molecule has 0 bridgehead atoms. The minimum Gasteiger partial charge on any atom is -0.369 e. The Balaban J connectivity index is 1.78. The first kappa shape index (κ1) is 17.6. The maximum atomic E-state index is 12.1. The van der Waals surface area contributed by atoms with Crippen LogP contribution in [0.3, 0.4) is 0 Å². The molecule has 3 N–H and O–H groups in total. The lowest BCUT2D eigenvalue weighted by molar-refractivity contribution is 0.0956. The van der Waals surface area contributed by atoms with Gasteiger partial charge in [-0.1, -0.05) is 17.7 Å². The molecule has 25 heavy (non-hydrogen) atoms. The van der Waals surface area contributed by atoms with Gasteiger partial charge in [-0.05, 0) is 43.3 Å². The van der Waals surface area contributed by atoms with Crippen molar-refractivity contribution in [2.45, 2.75) is 6.92 Å². The van der Waals surface area contributed by atoms with Crippen LogP contribution in [0.2, 0.25) is 5.02 Å². The zero-order chi connectivity index (χ0) is 17.6. The summed E-state index contributed by atoms with van der Waals surface area (Å²) in [6.07, 6.45) is 0. The van der Waals surface area contributed by atoms with Crippen molar-refractivity contribution in [3.8, 4) is 0 Å². The summed E-state index contributed by atoms with van der Waals surface area (Å²) >= 11 is 6.16. The van der Waals surface area contributed by atoms with Crippen LogP contribution >= 0.6 is 11.6 Å². The number of hydrogen-bond acceptors (Lipinski definition) is 4. The van der Waals surface area contributed by atoms with Crippen LogP contribution in [-0.4, -0.2) is 38.6 Å². The quantitative estimate of drug-likeness (QED) is 0.768. The number of hydrogen-bond donors (Lipinski definition) is 3. The van der Waals surface area contributed by atoms with E-state index in [1.165, 1.54) is 5.69 Å². The van der Waals surface area contributed by atoms with Gasteiger partial charge in [0.05, 0.1) is 10.6 Å². The second-order valence-corrected chi connectivity index (χ2v) is 6.37. The molecule has 2 aromatic carbocycles. The lowest BCUT2D eigenvalue weighted by Gasteiger charge is -2.29. The number of rotatable bonds is 5. The van der Waals surface area contributed by atoms with Crippen LogP contribution in [0.5, 0.6) is 0 Å². The predicted molar refractivity (Wildman–Crippen MR) is 104 cm³/mol. The lowest BCUT2D eigenvalue weighted by Crippen LogP contribution is -2.43. The average molecular weight is 359 g/mol. The molecule has 0 aliphatic carbocycles. The Hall–Kier alpha value is -2.24. The summed E-state index contributed by atoms with van der Waals surface area (Å²) in [5.41, 5.74) is 3.50. The van der Waals surface area contributed by atoms with Crippen LogP contribution in [0.1, 0.15) is 17.3 Å². The fourth-order valence-electron chi connectivity index (χ4n) is 2.90. The van der Waals surface area contributed by atoms with Crippen molar-refractivity contribution < 1.29 is 4.79 Å². The van der Waals surface area contributed by atoms with Crippen molar-refractivity contribution in [1.82, 2.24) is 10.6 Å². The number of carbonyl (C=O) groups is 1. The van der Waals surface area contributed by atoms with Crippen molar-refractivity contribution in [3.05, 3.63) is 53.1 Å². The van der Waals surface area contributed by atoms with Gasteiger partial charge in [-0.15, -0.1) is 0 Å². The van der Waals surface area contributed by atoms with Crippen molar-refractivity contribution in [2.75, 3.05) is 42.9 Å². The minimum absolute atomic E-state index is 0.161. The van der Waals surface area contributed by atoms with E-state index in [1.807, 2.05) is 25.1 Å². The molecule has 1 heterocycles. The molecule has 3 rings (SSSR count). The number of benzene rings is 2. The summed E-state index contributed by atoms with van der Waals surface area (Å²) in [6.45, 7) is 6.47. The molecule has 0 unspecified atom stereocenters. The third-order valence-electron chi connectivity index (χ3n) is 4.17. The van der Waals surface area contributed by atoms with E-state index in [-0.39, 0.29) is 5.91 Å². The van der Waals surface area contributed by atoms with E-state index in [9.17, 15) is 4.79 Å². The Kier molecular flexibility index (Phi) is 5.79. The van der Waals surface area contributed by atoms with Gasteiger partial charge in [0.25, 0.3) is 5.91 Å². The first-order chi connectivity index (χ1) is 12.2. The molecular formula is C19H23ClN4O. The molecule has 5 nitrogen and oxygen atoms in total. The maximum Gasteiger partial charge on any atom is 0.252 e. The molecule has 1 amide bonds. The normalized spacial score (nSPS) is 14.2. The highest BCUT2D eigenvalue weighted by Gasteiger charge is 2.12. The molecule has 1 aliphatic rings. The monoisotopic (exact) mass is 358 g/mol. The lowest BCUT2D eigenvalue weighted by atomic mass is 10.1. The second-order valence-electron chi connectivity index (χ2n) is 5.97. The Morgan fingerprint density at radius 3 is 2.68 bits per heavy atom. The van der Waals surface area contributed by atoms with Crippen LogP contribution in [0.25, 0.3) is 0 Å². The van der Waals surface area contributed by atoms with Crippen LogP contribution in [0.4, 0.5) is 17.1 Å². The van der Waals surface area contributed by atoms with Gasteiger partial charge in [0.2, 0.25) is 0 Å². The number of halogens is 1. The van der Waals surface area contributed by atoms with E-state index < -0.39 is 0 Å². The van der Waals surface area contributed by atoms with E-state index in [1.54, 1.807) is 12.1 Å². The van der Waals surface area contributed by atoms with Crippen LogP contribution in [0, 0.1) is 0 Å². The first-order valence-electron chi connectivity index (χ1n) is 8.58. The number of nitrogens with zero attached hydrogens (tertiary/aromatic N) is 1. The van der Waals surface area contributed by atoms with Gasteiger partial charge < -0.3 is 20.9 Å². The van der Waals surface area contributed by atoms with Gasteiger partial charge in [-0.3, -0.25) is 4.79 Å². The van der Waals surface area contributed by atoms with Gasteiger partial charge in [0.15, 0.2) is 0 Å². The van der Waals surface area contributed by atoms with Crippen molar-refractivity contribution in [1.29, 1.82) is 0 Å². The molecule has 0 radical (unpaired) electrons. The number of amides is 1. The number of carbonyl (C=O) groups excluding carboxylic acids is 1. The van der Waals surface area contributed by atoms with Crippen molar-refractivity contribution >= 4 is 34.6 Å². The highest BCUT2D eigenvalue weighted by atomic mass is 35.5. The summed E-state index contributed by atoms with van der Waals surface area (Å²) < 4.78 is 0. The fraction of sp³-hybridized carbons (Fsp3) is 0.316. The third-order valence-corrected chi connectivity index (χ3v) is 4.49. The van der Waals surface area contributed by atoms with Gasteiger partial charge >= 0.3 is 0 Å². The molecule has 1 saturated heterocycles. The Morgan fingerprint density at radius 1 is 1.16 bits per heavy atom. The zero-order valence-electron chi connectivity index (χ0n) is 14.3. The SMILES string of the molecule is CCNC(=O)c1cc(Nc2cccc(N3CCNCC3)c2)ccc1Cl. The molecule has 0 aromatic heterocycles. The number of piperazine rings is 1. The Morgan fingerprint density at radius 2 is 1.92 bits per heavy atom. The van der Waals surface area contributed by atoms with Crippen LogP contribution < -0.4 is 20.9 Å². The van der Waals surface area contributed by atoms with Gasteiger partial charge in [0, 0.05) is 49.8 Å². The molecule has 2 aromatic rings. The van der Waals surface area contributed by atoms with Gasteiger partial charge in [-0.25, -0.2) is 0 Å². The van der Waals surface area contributed by atoms with E-state index >= 15 is 0 Å². The van der Waals surface area contributed by atoms with Crippen molar-refractivity contribution in [2.24, 2.45) is 0 Å². The minimum atomic E-state index is -0.161. The summed E-state index contributed by atoms with van der Waals surface area (Å²) in [7, 11) is 0. The molecular weight excluding hydrogens is 336 g/mol. The molecule has 0 atom stereocenters. The molecule has 1 fully saturated rings. The van der Waals surface area contributed by atoms with Gasteiger partial charge in [-0.2, -0.15) is 0 Å². The summed E-state index contributed by atoms with van der Waals surface area (Å²) in [5.74, 6) is -0.161. The van der Waals surface area contributed by atoms with Gasteiger partial charge in [0.1, 0.15) is 0 Å². The predicted octanol–water partition coefficient (Wildman–Crippen LogP) is 3.24. The second kappa shape index (κ2) is 8.23. The molecule has 132 valence electrons. The van der Waals surface area contributed by atoms with E-state index in [4.69, 9.17) is 11.6 Å². The van der Waals surface area contributed by atoms with Crippen molar-refractivity contribution in [3.63, 3.8) is 0 Å². The topological polar surface area (TPSA) is 56.4 Å². The maximum absolute atomic E-state index is 12.1. The molecule has 0 spiro atoms. The van der Waals surface area contributed by atoms with E-state index in [0.717, 1.165) is 37.6 Å². The smallest absolute Gasteiger partial charge is 0.252 e. The molecule has 6 heteroatoms. The largest absolute Gasteiger partial charge is 0.369 e. The average Bonchev–Trinajstić information content (AvgIpc) is 2.64. The standard InChI is InChI=1S/C19H23ClN4O/c1-2-22-19(25)17-13-15(6-7-18(17)20)23-14-4-3-5-16(12-14)24-10-8-21-9-11-24/h3-7,12-13,21,23H,2,8-11H2,1H3,(H,22,25). The van der Waals surface area contributed by atoms with E-state index in [0.29, 0.717) is 17.1 Å². The fourth-order valence-corrected chi connectivity index (χ4v) is 3.11. The highest BCUT2D eigenvalue weighted by Crippen LogP contribution is 2.26. The summed E-state index contributed by atoms with van der Waals surface area (Å²) in [6, 6.07) is 13.7. The number of nitrogens with one attached hydrogen (secondary N) is 3. The first-order valence-corrected chi connectivity index (χ1v) is 8.95. The van der Waals surface area contributed by atoms with Crippen LogP contribution in [-0.2, 0) is 0 Å². The molecule has 1 aliphatic heterocycles. The number of anilines is 3. The summed E-state index contributed by atoms with van der Waals surface area (Å²) in [5, 5.41) is 9.96. The van der Waals surface area contributed by atoms with E-state index in [2.05, 4.69) is 33.0 Å². The Bertz CT molecular complexity index is 744. The molecule has 0 saturated carbocycles. The highest BCUT2D eigenvalue weighted by molar-refractivity contribution is 6.34. The Labute approximate surface area is 153 Å². The zero-order valence-corrected chi connectivity index (χ0v) is 15.1. The third kappa shape index (κ3) is 4.44.